The van der Waals surface area contributed by atoms with E-state index in [-0.39, 0.29) is 10.8 Å². The van der Waals surface area contributed by atoms with Crippen LogP contribution >= 0.6 is 0 Å². The molecule has 2 aliphatic rings. The molecule has 0 amide bonds. The van der Waals surface area contributed by atoms with Gasteiger partial charge in [-0.15, -0.1) is 0 Å². The van der Waals surface area contributed by atoms with E-state index in [9.17, 15) is 0 Å². The van der Waals surface area contributed by atoms with Gasteiger partial charge in [0.15, 0.2) is 0 Å². The minimum Gasteiger partial charge on any atom is -0.456 e. The minimum absolute atomic E-state index is 0.105. The Morgan fingerprint density at radius 2 is 1.00 bits per heavy atom. The first-order valence-corrected chi connectivity index (χ1v) is 22.1. The molecule has 2 aliphatic carbocycles. The number of aromatic nitrogens is 1. The highest BCUT2D eigenvalue weighted by atomic mass is 16.3. The van der Waals surface area contributed by atoms with Crippen LogP contribution in [0.25, 0.3) is 82.8 Å². The van der Waals surface area contributed by atoms with Crippen LogP contribution in [0.5, 0.6) is 0 Å². The maximum atomic E-state index is 6.32. The molecule has 2 aromatic heterocycles. The van der Waals surface area contributed by atoms with E-state index in [1.807, 2.05) is 6.07 Å². The second-order valence-electron chi connectivity index (χ2n) is 18.5. The van der Waals surface area contributed by atoms with Crippen LogP contribution in [-0.4, -0.2) is 4.57 Å². The summed E-state index contributed by atoms with van der Waals surface area (Å²) in [6.07, 6.45) is 0. The molecule has 2 heterocycles. The van der Waals surface area contributed by atoms with Gasteiger partial charge in [-0.1, -0.05) is 161 Å². The molecule has 13 rings (SSSR count). The van der Waals surface area contributed by atoms with Crippen LogP contribution in [0, 0.1) is 0 Å². The van der Waals surface area contributed by atoms with Gasteiger partial charge in [-0.25, -0.2) is 0 Å². The molecule has 0 spiro atoms. The summed E-state index contributed by atoms with van der Waals surface area (Å²) in [5.41, 5.74) is 21.6. The molecule has 0 unspecified atom stereocenters. The molecule has 0 aliphatic heterocycles. The Hall–Kier alpha value is -7.62. The Balaban J connectivity index is 1.05. The first-order chi connectivity index (χ1) is 30.8. The number of rotatable bonds is 5. The number of nitrogens with zero attached hydrogens (tertiary/aromatic N) is 2. The number of para-hydroxylation sites is 2. The molecule has 0 N–H and O–H groups in total. The average molecular weight is 809 g/mol. The number of hydrogen-bond donors (Lipinski definition) is 0. The smallest absolute Gasteiger partial charge is 0.136 e. The molecule has 0 saturated heterocycles. The maximum absolute atomic E-state index is 6.32. The second kappa shape index (κ2) is 13.0. The lowest BCUT2D eigenvalue weighted by Gasteiger charge is -2.29. The molecule has 3 heteroatoms. The maximum Gasteiger partial charge on any atom is 0.136 e. The summed E-state index contributed by atoms with van der Waals surface area (Å²) in [5.74, 6) is 0. The summed E-state index contributed by atoms with van der Waals surface area (Å²) in [7, 11) is 0. The van der Waals surface area contributed by atoms with E-state index in [4.69, 9.17) is 4.42 Å². The van der Waals surface area contributed by atoms with Gasteiger partial charge in [-0.3, -0.25) is 0 Å². The predicted octanol–water partition coefficient (Wildman–Crippen LogP) is 16.4. The first kappa shape index (κ1) is 36.1. The van der Waals surface area contributed by atoms with Crippen molar-refractivity contribution in [3.8, 4) is 39.1 Å². The third-order valence-corrected chi connectivity index (χ3v) is 14.4. The summed E-state index contributed by atoms with van der Waals surface area (Å²) < 4.78 is 8.84. The Morgan fingerprint density at radius 3 is 1.84 bits per heavy atom. The molecule has 11 aromatic rings. The van der Waals surface area contributed by atoms with Crippen molar-refractivity contribution in [2.24, 2.45) is 0 Å². The third kappa shape index (κ3) is 4.96. The molecule has 0 bridgehead atoms. The number of hydrogen-bond acceptors (Lipinski definition) is 2. The monoisotopic (exact) mass is 808 g/mol. The zero-order chi connectivity index (χ0) is 42.2. The fraction of sp³-hybridized carbons (Fsp3) is 0.100. The van der Waals surface area contributed by atoms with Gasteiger partial charge in [0.2, 0.25) is 0 Å². The van der Waals surface area contributed by atoms with Crippen LogP contribution in [0.4, 0.5) is 17.1 Å². The van der Waals surface area contributed by atoms with E-state index in [2.05, 4.69) is 225 Å². The zero-order valence-corrected chi connectivity index (χ0v) is 35.8. The van der Waals surface area contributed by atoms with Gasteiger partial charge in [-0.2, -0.15) is 0 Å². The molecule has 63 heavy (non-hydrogen) atoms. The van der Waals surface area contributed by atoms with Crippen LogP contribution in [0.1, 0.15) is 49.9 Å². The van der Waals surface area contributed by atoms with Gasteiger partial charge in [0.25, 0.3) is 0 Å². The quantitative estimate of drug-likeness (QED) is 0.173. The number of fused-ring (bicyclic) bond motifs is 12. The third-order valence-electron chi connectivity index (χ3n) is 14.4. The lowest BCUT2D eigenvalue weighted by atomic mass is 9.82. The van der Waals surface area contributed by atoms with Crippen molar-refractivity contribution in [2.75, 3.05) is 4.90 Å². The number of benzene rings is 9. The molecule has 0 radical (unpaired) electrons. The molecule has 0 fully saturated rings. The lowest BCUT2D eigenvalue weighted by Crippen LogP contribution is -2.16. The highest BCUT2D eigenvalue weighted by Gasteiger charge is 2.38. The van der Waals surface area contributed by atoms with E-state index in [1.165, 1.54) is 72.0 Å². The van der Waals surface area contributed by atoms with Crippen LogP contribution in [0.3, 0.4) is 0 Å². The van der Waals surface area contributed by atoms with Crippen molar-refractivity contribution in [2.45, 2.75) is 38.5 Å². The molecule has 0 saturated carbocycles. The summed E-state index contributed by atoms with van der Waals surface area (Å²) in [4.78, 5) is 2.49. The van der Waals surface area contributed by atoms with Crippen LogP contribution < -0.4 is 4.90 Å². The minimum atomic E-state index is -0.150. The van der Waals surface area contributed by atoms with E-state index < -0.39 is 0 Å². The highest BCUT2D eigenvalue weighted by Crippen LogP contribution is 2.54. The fourth-order valence-corrected chi connectivity index (χ4v) is 11.4. The topological polar surface area (TPSA) is 21.3 Å². The summed E-state index contributed by atoms with van der Waals surface area (Å²) in [6.45, 7) is 9.46. The van der Waals surface area contributed by atoms with Gasteiger partial charge < -0.3 is 13.9 Å². The van der Waals surface area contributed by atoms with Gasteiger partial charge in [0, 0.05) is 49.3 Å². The van der Waals surface area contributed by atoms with Gasteiger partial charge in [0.05, 0.1) is 22.4 Å². The molecule has 300 valence electrons. The lowest BCUT2D eigenvalue weighted by molar-refractivity contribution is 0.660. The predicted molar refractivity (Wildman–Crippen MR) is 263 cm³/mol. The van der Waals surface area contributed by atoms with Gasteiger partial charge >= 0.3 is 0 Å². The summed E-state index contributed by atoms with van der Waals surface area (Å²) >= 11 is 0. The van der Waals surface area contributed by atoms with E-state index >= 15 is 0 Å². The Kier molecular flexibility index (Phi) is 7.42. The van der Waals surface area contributed by atoms with Crippen molar-refractivity contribution in [3.63, 3.8) is 0 Å². The normalized spacial score (nSPS) is 14.3. The van der Waals surface area contributed by atoms with E-state index in [0.717, 1.165) is 50.1 Å². The average Bonchev–Trinajstić information content (AvgIpc) is 4.01. The summed E-state index contributed by atoms with van der Waals surface area (Å²) in [5, 5.41) is 4.72. The fourth-order valence-electron chi connectivity index (χ4n) is 11.4. The van der Waals surface area contributed by atoms with Gasteiger partial charge in [0.1, 0.15) is 11.2 Å². The first-order valence-electron chi connectivity index (χ1n) is 22.1. The number of anilines is 3. The molecule has 3 nitrogen and oxygen atoms in total. The van der Waals surface area contributed by atoms with E-state index in [1.54, 1.807) is 0 Å². The van der Waals surface area contributed by atoms with Gasteiger partial charge in [-0.05, 0) is 111 Å². The molecule has 0 atom stereocenters. The zero-order valence-electron chi connectivity index (χ0n) is 35.8. The van der Waals surface area contributed by atoms with Crippen molar-refractivity contribution in [1.29, 1.82) is 0 Å². The van der Waals surface area contributed by atoms with Crippen molar-refractivity contribution < 1.29 is 4.42 Å². The largest absolute Gasteiger partial charge is 0.456 e. The van der Waals surface area contributed by atoms with E-state index in [0.29, 0.717) is 0 Å². The second-order valence-corrected chi connectivity index (χ2v) is 18.5. The van der Waals surface area contributed by atoms with Crippen molar-refractivity contribution >= 4 is 60.8 Å². The SMILES string of the molecule is CC1(C)c2ccccc2-c2ccc(N(c3ccc(-c4cccc5oc6ccccc6c45)cc3)c3cccc4c3c3ccccc3n4-c3cccc4c3-c3ccccc3C4(C)C)cc21. The molecular formula is C60H44N2O. The Labute approximate surface area is 367 Å². The Bertz CT molecular complexity index is 3690. The van der Waals surface area contributed by atoms with Crippen LogP contribution in [0.15, 0.2) is 199 Å². The van der Waals surface area contributed by atoms with Crippen molar-refractivity contribution in [3.05, 3.63) is 216 Å². The standard InChI is InChI=1S/C60H44N2O/c1-59(2)47-22-10-6-17-43(47)57-48(59)23-14-25-51(57)62-50-24-11-7-18-44(50)58-52(26-15-27-53(58)62)61(39-34-35-42-41-16-5-9-21-46(41)60(3,4)49(42)36-39)38-32-30-37(31-33-38)40-20-13-29-55-56(40)45-19-8-12-28-54(45)63-55/h5-36H,1-4H3. The Morgan fingerprint density at radius 1 is 0.413 bits per heavy atom. The number of furan rings is 1. The molecular weight excluding hydrogens is 765 g/mol. The van der Waals surface area contributed by atoms with Crippen LogP contribution in [-0.2, 0) is 10.8 Å². The highest BCUT2D eigenvalue weighted by molar-refractivity contribution is 6.17. The van der Waals surface area contributed by atoms with Crippen LogP contribution in [0.2, 0.25) is 0 Å². The summed E-state index contributed by atoms with van der Waals surface area (Å²) in [6, 6.07) is 71.6. The molecule has 9 aromatic carbocycles. The van der Waals surface area contributed by atoms with Crippen molar-refractivity contribution in [1.82, 2.24) is 4.57 Å².